The Morgan fingerprint density at radius 3 is 2.38 bits per heavy atom. The SMILES string of the molecule is O=C(CN1C(=O)S/C(=C\c2cn(CC(=O)N3CCCC3)c3ccccc23)C1=O)N1CCOCC1. The maximum absolute atomic E-state index is 13.0. The van der Waals surface area contributed by atoms with Gasteiger partial charge in [-0.05, 0) is 36.7 Å². The Morgan fingerprint density at radius 1 is 0.941 bits per heavy atom. The van der Waals surface area contributed by atoms with E-state index in [0.717, 1.165) is 59.1 Å². The molecule has 0 radical (unpaired) electrons. The van der Waals surface area contributed by atoms with Gasteiger partial charge in [0.05, 0.1) is 18.1 Å². The van der Waals surface area contributed by atoms with Crippen LogP contribution in [0.3, 0.4) is 0 Å². The standard InChI is InChI=1S/C24H26N4O5S/c29-21(25-7-3-4-8-25)15-27-14-17(18-5-1-2-6-19(18)27)13-20-23(31)28(24(32)34-20)16-22(30)26-9-11-33-12-10-26/h1-2,5-6,13-14H,3-4,7-12,15-16H2/b20-13-. The average molecular weight is 483 g/mol. The molecule has 3 saturated heterocycles. The third kappa shape index (κ3) is 4.47. The Labute approximate surface area is 201 Å². The van der Waals surface area contributed by atoms with Crippen molar-refractivity contribution in [3.63, 3.8) is 0 Å². The summed E-state index contributed by atoms with van der Waals surface area (Å²) in [4.78, 5) is 55.6. The maximum Gasteiger partial charge on any atom is 0.294 e. The van der Waals surface area contributed by atoms with Crippen molar-refractivity contribution in [1.82, 2.24) is 19.3 Å². The number of hydrogen-bond donors (Lipinski definition) is 0. The Balaban J connectivity index is 1.36. The van der Waals surface area contributed by atoms with Gasteiger partial charge >= 0.3 is 0 Å². The highest BCUT2D eigenvalue weighted by molar-refractivity contribution is 8.18. The molecule has 0 aliphatic carbocycles. The number of fused-ring (bicyclic) bond motifs is 1. The summed E-state index contributed by atoms with van der Waals surface area (Å²) in [5, 5.41) is 0.443. The van der Waals surface area contributed by atoms with E-state index in [2.05, 4.69) is 0 Å². The monoisotopic (exact) mass is 482 g/mol. The first-order valence-corrected chi connectivity index (χ1v) is 12.3. The number of likely N-dealkylation sites (tertiary alicyclic amines) is 1. The lowest BCUT2D eigenvalue weighted by Gasteiger charge is -2.28. The van der Waals surface area contributed by atoms with Gasteiger partial charge in [0.2, 0.25) is 11.8 Å². The fourth-order valence-corrected chi connectivity index (χ4v) is 5.39. The van der Waals surface area contributed by atoms with Crippen molar-refractivity contribution in [2.45, 2.75) is 19.4 Å². The molecule has 0 unspecified atom stereocenters. The number of thioether (sulfide) groups is 1. The molecule has 4 amide bonds. The van der Waals surface area contributed by atoms with Crippen LogP contribution in [0.2, 0.25) is 0 Å². The van der Waals surface area contributed by atoms with Gasteiger partial charge in [-0.25, -0.2) is 0 Å². The molecule has 0 N–H and O–H groups in total. The number of ether oxygens (including phenoxy) is 1. The second-order valence-corrected chi connectivity index (χ2v) is 9.57. The minimum atomic E-state index is -0.471. The summed E-state index contributed by atoms with van der Waals surface area (Å²) < 4.78 is 7.15. The molecule has 9 nitrogen and oxygen atoms in total. The van der Waals surface area contributed by atoms with Crippen LogP contribution < -0.4 is 0 Å². The molecule has 10 heteroatoms. The molecule has 3 aliphatic heterocycles. The van der Waals surface area contributed by atoms with Crippen LogP contribution in [0, 0.1) is 0 Å². The number of hydrogen-bond acceptors (Lipinski definition) is 6. The van der Waals surface area contributed by atoms with E-state index < -0.39 is 11.1 Å². The quantitative estimate of drug-likeness (QED) is 0.607. The van der Waals surface area contributed by atoms with Crippen LogP contribution >= 0.6 is 11.8 Å². The molecular weight excluding hydrogens is 456 g/mol. The van der Waals surface area contributed by atoms with Crippen molar-refractivity contribution < 1.29 is 23.9 Å². The lowest BCUT2D eigenvalue weighted by molar-refractivity contribution is -0.139. The van der Waals surface area contributed by atoms with Crippen molar-refractivity contribution >= 4 is 51.7 Å². The summed E-state index contributed by atoms with van der Waals surface area (Å²) in [5.74, 6) is -0.655. The van der Waals surface area contributed by atoms with E-state index in [1.165, 1.54) is 0 Å². The van der Waals surface area contributed by atoms with Crippen LogP contribution in [0.1, 0.15) is 18.4 Å². The van der Waals surface area contributed by atoms with Crippen molar-refractivity contribution in [2.24, 2.45) is 0 Å². The van der Waals surface area contributed by atoms with E-state index in [1.54, 1.807) is 11.0 Å². The molecule has 34 heavy (non-hydrogen) atoms. The number of imide groups is 1. The van der Waals surface area contributed by atoms with Gasteiger partial charge in [-0.15, -0.1) is 0 Å². The number of benzene rings is 1. The smallest absolute Gasteiger partial charge is 0.294 e. The Hall–Kier alpha value is -3.11. The van der Waals surface area contributed by atoms with Gasteiger partial charge < -0.3 is 19.1 Å². The predicted molar refractivity (Wildman–Crippen MR) is 128 cm³/mol. The second kappa shape index (κ2) is 9.63. The molecule has 1 aromatic carbocycles. The first-order valence-electron chi connectivity index (χ1n) is 11.5. The minimum Gasteiger partial charge on any atom is -0.378 e. The van der Waals surface area contributed by atoms with Crippen LogP contribution in [0.15, 0.2) is 35.4 Å². The highest BCUT2D eigenvalue weighted by atomic mass is 32.2. The topological polar surface area (TPSA) is 92.2 Å². The third-order valence-corrected chi connectivity index (χ3v) is 7.31. The molecule has 0 saturated carbocycles. The molecule has 0 bridgehead atoms. The van der Waals surface area contributed by atoms with Crippen LogP contribution in [-0.2, 0) is 25.7 Å². The summed E-state index contributed by atoms with van der Waals surface area (Å²) in [7, 11) is 0. The first kappa shape index (κ1) is 22.7. The number of nitrogens with zero attached hydrogens (tertiary/aromatic N) is 4. The number of para-hydroxylation sites is 1. The summed E-state index contributed by atoms with van der Waals surface area (Å²) in [6, 6.07) is 7.69. The van der Waals surface area contributed by atoms with Crippen molar-refractivity contribution in [2.75, 3.05) is 45.9 Å². The minimum absolute atomic E-state index is 0.0757. The van der Waals surface area contributed by atoms with E-state index in [1.807, 2.05) is 39.9 Å². The van der Waals surface area contributed by atoms with Crippen molar-refractivity contribution in [3.05, 3.63) is 40.9 Å². The Bertz CT molecular complexity index is 1180. The number of carbonyl (C=O) groups excluding carboxylic acids is 4. The number of morpholine rings is 1. The summed E-state index contributed by atoms with van der Waals surface area (Å²) in [6.07, 6.45) is 5.61. The summed E-state index contributed by atoms with van der Waals surface area (Å²) >= 11 is 0.836. The van der Waals surface area contributed by atoms with Gasteiger partial charge in [0.1, 0.15) is 13.1 Å². The highest BCUT2D eigenvalue weighted by Gasteiger charge is 2.37. The third-order valence-electron chi connectivity index (χ3n) is 6.40. The van der Waals surface area contributed by atoms with Crippen LogP contribution in [0.4, 0.5) is 4.79 Å². The summed E-state index contributed by atoms with van der Waals surface area (Å²) in [5.41, 5.74) is 1.65. The molecule has 178 valence electrons. The van der Waals surface area contributed by atoms with Crippen molar-refractivity contribution in [3.8, 4) is 0 Å². The zero-order valence-corrected chi connectivity index (χ0v) is 19.6. The first-order chi connectivity index (χ1) is 16.5. The van der Waals surface area contributed by atoms with E-state index in [9.17, 15) is 19.2 Å². The zero-order valence-electron chi connectivity index (χ0n) is 18.8. The van der Waals surface area contributed by atoms with E-state index in [-0.39, 0.29) is 29.8 Å². The molecule has 1 aromatic heterocycles. The van der Waals surface area contributed by atoms with Gasteiger partial charge in [0.25, 0.3) is 11.1 Å². The van der Waals surface area contributed by atoms with Crippen LogP contribution in [0.5, 0.6) is 0 Å². The molecule has 4 heterocycles. The zero-order chi connectivity index (χ0) is 23.7. The molecular formula is C24H26N4O5S. The predicted octanol–water partition coefficient (Wildman–Crippen LogP) is 2.16. The summed E-state index contributed by atoms with van der Waals surface area (Å²) in [6.45, 7) is 3.37. The number of rotatable bonds is 5. The van der Waals surface area contributed by atoms with Gasteiger partial charge in [0, 0.05) is 48.8 Å². The van der Waals surface area contributed by atoms with E-state index in [0.29, 0.717) is 26.3 Å². The lowest BCUT2D eigenvalue weighted by Crippen LogP contribution is -2.46. The van der Waals surface area contributed by atoms with Crippen molar-refractivity contribution in [1.29, 1.82) is 0 Å². The fraction of sp³-hybridized carbons (Fsp3) is 0.417. The van der Waals surface area contributed by atoms with Gasteiger partial charge in [-0.1, -0.05) is 18.2 Å². The number of carbonyl (C=O) groups is 4. The molecule has 3 aliphatic rings. The lowest BCUT2D eigenvalue weighted by atomic mass is 10.1. The number of aromatic nitrogens is 1. The van der Waals surface area contributed by atoms with E-state index >= 15 is 0 Å². The molecule has 0 spiro atoms. The van der Waals surface area contributed by atoms with Gasteiger partial charge in [-0.2, -0.15) is 0 Å². The highest BCUT2D eigenvalue weighted by Crippen LogP contribution is 2.34. The molecule has 3 fully saturated rings. The normalized spacial score (nSPS) is 20.2. The Morgan fingerprint density at radius 2 is 1.62 bits per heavy atom. The number of amides is 4. The average Bonchev–Trinajstić information content (AvgIpc) is 3.57. The van der Waals surface area contributed by atoms with Gasteiger partial charge in [0.15, 0.2) is 0 Å². The van der Waals surface area contributed by atoms with E-state index in [4.69, 9.17) is 4.74 Å². The van der Waals surface area contributed by atoms with Gasteiger partial charge in [-0.3, -0.25) is 24.1 Å². The second-order valence-electron chi connectivity index (χ2n) is 8.58. The fourth-order valence-electron chi connectivity index (χ4n) is 4.56. The van der Waals surface area contributed by atoms with Crippen LogP contribution in [-0.4, -0.2) is 88.2 Å². The maximum atomic E-state index is 13.0. The molecule has 5 rings (SSSR count). The molecule has 2 aromatic rings. The molecule has 0 atom stereocenters. The van der Waals surface area contributed by atoms with Crippen LogP contribution in [0.25, 0.3) is 17.0 Å². The largest absolute Gasteiger partial charge is 0.378 e. The Kier molecular flexibility index (Phi) is 6.42.